The zero-order valence-corrected chi connectivity index (χ0v) is 38.3. The lowest BCUT2D eigenvalue weighted by molar-refractivity contribution is 0.536. The van der Waals surface area contributed by atoms with Gasteiger partial charge in [0.2, 0.25) is 0 Å². The number of rotatable bonds is 6. The maximum atomic E-state index is 5.95. The lowest BCUT2D eigenvalue weighted by atomic mass is 9.82. The van der Waals surface area contributed by atoms with E-state index in [0.29, 0.717) is 0 Å². The van der Waals surface area contributed by atoms with Gasteiger partial charge in [-0.1, -0.05) is 165 Å². The van der Waals surface area contributed by atoms with Crippen molar-refractivity contribution < 1.29 is 0 Å². The minimum Gasteiger partial charge on any atom is -0.308 e. The molecular weight excluding hydrogens is 851 g/mol. The topological polar surface area (TPSA) is 29.6 Å². The lowest BCUT2D eigenvalue weighted by Crippen LogP contribution is -2.28. The number of hydrogen-bond donors (Lipinski definition) is 0. The second kappa shape index (κ2) is 15.2. The number of thiophene rings is 2. The molecule has 4 heterocycles. The van der Waals surface area contributed by atoms with Gasteiger partial charge in [-0.25, -0.2) is 4.99 Å². The van der Waals surface area contributed by atoms with Gasteiger partial charge < -0.3 is 4.57 Å². The summed E-state index contributed by atoms with van der Waals surface area (Å²) in [5.74, 6) is 0.811. The summed E-state index contributed by atoms with van der Waals surface area (Å²) in [5.41, 5.74) is 10.3. The third-order valence-corrected chi connectivity index (χ3v) is 16.5. The molecule has 0 saturated carbocycles. The van der Waals surface area contributed by atoms with Crippen LogP contribution in [0.5, 0.6) is 0 Å². The van der Waals surface area contributed by atoms with Gasteiger partial charge in [-0.05, 0) is 98.8 Å². The van der Waals surface area contributed by atoms with Gasteiger partial charge in [0.15, 0.2) is 5.84 Å². The summed E-state index contributed by atoms with van der Waals surface area (Å²) in [6.45, 7) is 2.30. The van der Waals surface area contributed by atoms with E-state index in [0.717, 1.165) is 34.8 Å². The molecule has 2 atom stereocenters. The smallest absolute Gasteiger partial charge is 0.157 e. The Balaban J connectivity index is 1.09. The second-order valence-corrected chi connectivity index (χ2v) is 20.0. The van der Waals surface area contributed by atoms with Crippen LogP contribution in [0.2, 0.25) is 0 Å². The van der Waals surface area contributed by atoms with E-state index in [-0.39, 0.29) is 12.0 Å². The van der Waals surface area contributed by atoms with E-state index in [2.05, 4.69) is 218 Å². The van der Waals surface area contributed by atoms with E-state index in [9.17, 15) is 0 Å². The number of fused-ring (bicyclic) bond motifs is 11. The molecule has 0 saturated heterocycles. The Labute approximate surface area is 395 Å². The van der Waals surface area contributed by atoms with Crippen molar-refractivity contribution in [3.05, 3.63) is 223 Å². The zero-order chi connectivity index (χ0) is 44.2. The third-order valence-electron chi connectivity index (χ3n) is 14.2. The van der Waals surface area contributed by atoms with Crippen LogP contribution in [0, 0.1) is 5.92 Å². The first-order valence-corrected chi connectivity index (χ1v) is 24.8. The van der Waals surface area contributed by atoms with Gasteiger partial charge >= 0.3 is 0 Å². The van der Waals surface area contributed by atoms with Crippen LogP contribution in [-0.2, 0) is 0 Å². The molecule has 0 aliphatic carbocycles. The molecule has 13 aromatic rings. The fourth-order valence-electron chi connectivity index (χ4n) is 10.9. The third kappa shape index (κ3) is 6.08. The average molecular weight is 892 g/mol. The van der Waals surface area contributed by atoms with Crippen LogP contribution in [0.4, 0.5) is 0 Å². The van der Waals surface area contributed by atoms with E-state index in [1.807, 2.05) is 22.7 Å². The molecule has 67 heavy (non-hydrogen) atoms. The molecule has 0 amide bonds. The fourth-order valence-corrected chi connectivity index (χ4v) is 13.3. The number of nitrogens with zero attached hydrogens (tertiary/aromatic N) is 3. The Hall–Kier alpha value is -7.70. The fraction of sp³-hybridized carbons (Fsp3) is 0.0645. The van der Waals surface area contributed by atoms with E-state index < -0.39 is 0 Å². The number of aliphatic imine (C=N–C) groups is 2. The zero-order valence-electron chi connectivity index (χ0n) is 36.6. The normalized spacial score (nSPS) is 15.5. The van der Waals surface area contributed by atoms with Gasteiger partial charge in [-0.15, -0.1) is 22.7 Å². The Morgan fingerprint density at radius 2 is 1.00 bits per heavy atom. The molecular formula is C62H41N3S2. The quantitative estimate of drug-likeness (QED) is 0.159. The molecule has 14 rings (SSSR count). The first-order chi connectivity index (χ1) is 33.1. The minimum absolute atomic E-state index is 0.0459. The van der Waals surface area contributed by atoms with Crippen molar-refractivity contribution in [1.29, 1.82) is 0 Å². The lowest BCUT2D eigenvalue weighted by Gasteiger charge is -2.31. The van der Waals surface area contributed by atoms with Gasteiger partial charge in [-0.2, -0.15) is 0 Å². The van der Waals surface area contributed by atoms with Crippen molar-refractivity contribution >= 4 is 118 Å². The van der Waals surface area contributed by atoms with Crippen molar-refractivity contribution in [3.63, 3.8) is 0 Å². The van der Waals surface area contributed by atoms with Crippen molar-refractivity contribution in [3.8, 4) is 16.8 Å². The first-order valence-electron chi connectivity index (χ1n) is 23.2. The average Bonchev–Trinajstić information content (AvgIpc) is 4.05. The largest absolute Gasteiger partial charge is 0.308 e. The van der Waals surface area contributed by atoms with Crippen LogP contribution in [0.15, 0.2) is 216 Å². The van der Waals surface area contributed by atoms with E-state index >= 15 is 0 Å². The molecule has 10 aromatic carbocycles. The summed E-state index contributed by atoms with van der Waals surface area (Å²) in [4.78, 5) is 11.8. The monoisotopic (exact) mass is 891 g/mol. The maximum Gasteiger partial charge on any atom is 0.157 e. The number of hydrogen-bond acceptors (Lipinski definition) is 4. The van der Waals surface area contributed by atoms with Gasteiger partial charge in [0.25, 0.3) is 0 Å². The molecule has 0 N–H and O–H groups in total. The van der Waals surface area contributed by atoms with E-state index in [1.165, 1.54) is 100 Å². The molecule has 3 nitrogen and oxygen atoms in total. The Bertz CT molecular complexity index is 4110. The highest BCUT2D eigenvalue weighted by Crippen LogP contribution is 2.46. The highest BCUT2D eigenvalue weighted by molar-refractivity contribution is 7.26. The Kier molecular flexibility index (Phi) is 8.73. The molecule has 0 spiro atoms. The number of amidine groups is 1. The summed E-state index contributed by atoms with van der Waals surface area (Å²) < 4.78 is 7.62. The molecule has 0 radical (unpaired) electrons. The predicted octanol–water partition coefficient (Wildman–Crippen LogP) is 17.5. The van der Waals surface area contributed by atoms with Gasteiger partial charge in [0.1, 0.15) is 0 Å². The summed E-state index contributed by atoms with van der Waals surface area (Å²) in [7, 11) is 0. The van der Waals surface area contributed by atoms with E-state index in [1.54, 1.807) is 0 Å². The maximum absolute atomic E-state index is 5.95. The van der Waals surface area contributed by atoms with Crippen LogP contribution >= 0.6 is 22.7 Å². The van der Waals surface area contributed by atoms with Gasteiger partial charge in [0, 0.05) is 62.6 Å². The summed E-state index contributed by atoms with van der Waals surface area (Å²) in [6, 6.07) is 75.9. The highest BCUT2D eigenvalue weighted by atomic mass is 32.1. The highest BCUT2D eigenvalue weighted by Gasteiger charge is 2.34. The van der Waals surface area contributed by atoms with Crippen LogP contribution in [0.25, 0.3) is 101 Å². The van der Waals surface area contributed by atoms with Crippen LogP contribution in [0.1, 0.15) is 36.1 Å². The SMILES string of the molecule is CCC1C(c2ccc(-c3ccccc3)cc2)=NC(c2cc3sc4ccccc4c3cc2-n2c3cc4ccccc4cc3c3cc4ccccc4cc32)=NC1c1cccc2c1sc1ccccc12. The predicted molar refractivity (Wildman–Crippen MR) is 289 cm³/mol. The van der Waals surface area contributed by atoms with Gasteiger partial charge in [-0.3, -0.25) is 4.99 Å². The molecule has 0 bridgehead atoms. The van der Waals surface area contributed by atoms with Crippen molar-refractivity contribution in [1.82, 2.24) is 4.57 Å². The number of benzene rings is 10. The molecule has 0 fully saturated rings. The second-order valence-electron chi connectivity index (χ2n) is 17.9. The van der Waals surface area contributed by atoms with Crippen LogP contribution < -0.4 is 0 Å². The molecule has 3 aromatic heterocycles. The Morgan fingerprint density at radius 3 is 1.67 bits per heavy atom. The van der Waals surface area contributed by atoms with Gasteiger partial charge in [0.05, 0.1) is 28.5 Å². The van der Waals surface area contributed by atoms with Crippen molar-refractivity contribution in [2.24, 2.45) is 15.9 Å². The Morgan fingerprint density at radius 1 is 0.448 bits per heavy atom. The van der Waals surface area contributed by atoms with Crippen molar-refractivity contribution in [2.45, 2.75) is 19.4 Å². The molecule has 1 aliphatic rings. The van der Waals surface area contributed by atoms with Crippen LogP contribution in [-0.4, -0.2) is 16.1 Å². The molecule has 2 unspecified atom stereocenters. The standard InChI is InChI=1S/C62H41N3S2/c1-2-44-59(39-29-27-38(28-30-39)37-15-4-3-5-16-37)63-62(64-60(44)48-24-14-23-47-45-21-10-13-26-57(45)67-61(47)48)52-36-58-51(46-22-11-12-25-56(46)66-58)35-55(52)65-53-33-42-19-8-6-17-40(42)31-49(53)50-32-41-18-7-9-20-43(41)34-54(50)65/h3-36,44,60H,2H2,1H3. The molecule has 1 aliphatic heterocycles. The van der Waals surface area contributed by atoms with E-state index in [4.69, 9.17) is 9.98 Å². The summed E-state index contributed by atoms with van der Waals surface area (Å²) in [6.07, 6.45) is 0.886. The van der Waals surface area contributed by atoms with Crippen molar-refractivity contribution in [2.75, 3.05) is 0 Å². The first kappa shape index (κ1) is 38.6. The van der Waals surface area contributed by atoms with Crippen LogP contribution in [0.3, 0.4) is 0 Å². The number of aromatic nitrogens is 1. The minimum atomic E-state index is -0.171. The summed E-state index contributed by atoms with van der Waals surface area (Å²) in [5, 5.41) is 12.4. The summed E-state index contributed by atoms with van der Waals surface area (Å²) >= 11 is 3.74. The molecule has 316 valence electrons. The molecule has 5 heteroatoms.